The molecule has 2 aromatic carbocycles. The van der Waals surface area contributed by atoms with Gasteiger partial charge in [-0.25, -0.2) is 15.0 Å². The molecule has 0 aliphatic carbocycles. The molecule has 0 fully saturated rings. The highest BCUT2D eigenvalue weighted by Gasteiger charge is 2.27. The molecule has 0 bridgehead atoms. The number of carbonyl (C=O) groups is 1. The van der Waals surface area contributed by atoms with Crippen LogP contribution in [0.3, 0.4) is 0 Å². The van der Waals surface area contributed by atoms with Crippen LogP contribution in [0.25, 0.3) is 22.2 Å². The second kappa shape index (κ2) is 9.08. The van der Waals surface area contributed by atoms with Crippen molar-refractivity contribution in [1.29, 1.82) is 0 Å². The Labute approximate surface area is 191 Å². The number of aromatic nitrogens is 4. The number of nitrogens with zero attached hydrogens (tertiary/aromatic N) is 4. The van der Waals surface area contributed by atoms with Gasteiger partial charge in [-0.05, 0) is 36.4 Å². The molecule has 0 atom stereocenters. The number of nitrogens with one attached hydrogen (secondary N) is 1. The number of benzene rings is 2. The molecule has 0 unspecified atom stereocenters. The van der Waals surface area contributed by atoms with Gasteiger partial charge in [-0.3, -0.25) is 4.79 Å². The van der Waals surface area contributed by atoms with E-state index in [4.69, 9.17) is 11.6 Å². The van der Waals surface area contributed by atoms with E-state index in [1.54, 1.807) is 24.5 Å². The number of imidazole rings is 1. The van der Waals surface area contributed by atoms with E-state index in [1.807, 2.05) is 11.6 Å². The molecule has 2 aromatic heterocycles. The second-order valence-electron chi connectivity index (χ2n) is 7.11. The molecule has 2 heterocycles. The molecule has 0 saturated carbocycles. The van der Waals surface area contributed by atoms with E-state index in [1.165, 1.54) is 30.6 Å². The number of anilines is 1. The summed E-state index contributed by atoms with van der Waals surface area (Å²) >= 11 is 4.76. The molecule has 0 aliphatic rings. The fraction of sp³-hybridized carbons (Fsp3) is 0.182. The average Bonchev–Trinajstić information content (AvgIpc) is 3.09. The van der Waals surface area contributed by atoms with Gasteiger partial charge in [0.05, 0.1) is 17.6 Å². The van der Waals surface area contributed by atoms with Crippen LogP contribution in [0.4, 0.5) is 14.5 Å². The van der Waals surface area contributed by atoms with Crippen LogP contribution in [0.2, 0.25) is 0 Å². The van der Waals surface area contributed by atoms with Crippen molar-refractivity contribution in [2.24, 2.45) is 7.05 Å². The molecule has 0 saturated heterocycles. The maximum atomic E-state index is 13.0. The summed E-state index contributed by atoms with van der Waals surface area (Å²) in [7, 11) is 1.83. The quantitative estimate of drug-likeness (QED) is 0.393. The number of aryl methyl sites for hydroxylation is 1. The highest BCUT2D eigenvalue weighted by Crippen LogP contribution is 2.31. The van der Waals surface area contributed by atoms with Gasteiger partial charge in [0.15, 0.2) is 0 Å². The second-order valence-corrected chi connectivity index (χ2v) is 7.55. The minimum absolute atomic E-state index is 0.0658. The zero-order chi connectivity index (χ0) is 23.6. The maximum absolute atomic E-state index is 13.0. The van der Waals surface area contributed by atoms with Crippen LogP contribution >= 0.6 is 11.6 Å². The standard InChI is InChI=1S/C22H18ClF2N5O3/c1-30-19(6-7-31)29-18-9-13(8-17(20(18)30)14-10-26-12-27-11-14)21(32)28-15-2-4-16(5-3-15)33-22(23,24)25/h2-5,8-12,31H,6-7H2,1H3,(H,28,32). The number of carbonyl (C=O) groups excluding carboxylic acids is 1. The Balaban J connectivity index is 1.69. The summed E-state index contributed by atoms with van der Waals surface area (Å²) in [6.07, 6.45) is 5.03. The van der Waals surface area contributed by atoms with E-state index in [-0.39, 0.29) is 12.4 Å². The van der Waals surface area contributed by atoms with Crippen molar-refractivity contribution in [1.82, 2.24) is 19.5 Å². The molecule has 33 heavy (non-hydrogen) atoms. The summed E-state index contributed by atoms with van der Waals surface area (Å²) in [5.74, 6) is 0.0845. The van der Waals surface area contributed by atoms with Crippen molar-refractivity contribution in [2.75, 3.05) is 11.9 Å². The van der Waals surface area contributed by atoms with Crippen LogP contribution in [0.1, 0.15) is 16.2 Å². The van der Waals surface area contributed by atoms with Gasteiger partial charge >= 0.3 is 5.57 Å². The number of aliphatic hydroxyl groups excluding tert-OH is 1. The van der Waals surface area contributed by atoms with Crippen LogP contribution in [0.15, 0.2) is 55.1 Å². The first-order valence-corrected chi connectivity index (χ1v) is 10.2. The van der Waals surface area contributed by atoms with E-state index in [0.717, 1.165) is 5.52 Å². The lowest BCUT2D eigenvalue weighted by Crippen LogP contribution is -2.16. The predicted molar refractivity (Wildman–Crippen MR) is 118 cm³/mol. The van der Waals surface area contributed by atoms with Gasteiger partial charge in [-0.15, -0.1) is 8.78 Å². The molecule has 0 radical (unpaired) electrons. The third-order valence-corrected chi connectivity index (χ3v) is 4.95. The van der Waals surface area contributed by atoms with Gasteiger partial charge in [0.2, 0.25) is 0 Å². The third kappa shape index (κ3) is 5.07. The van der Waals surface area contributed by atoms with E-state index in [9.17, 15) is 18.7 Å². The lowest BCUT2D eigenvalue weighted by molar-refractivity contribution is -0.0964. The third-order valence-electron chi connectivity index (χ3n) is 4.88. The number of alkyl halides is 3. The Morgan fingerprint density at radius 2 is 1.91 bits per heavy atom. The van der Waals surface area contributed by atoms with E-state index in [0.29, 0.717) is 40.1 Å². The summed E-state index contributed by atoms with van der Waals surface area (Å²) in [4.78, 5) is 25.7. The fourth-order valence-corrected chi connectivity index (χ4v) is 3.55. The summed E-state index contributed by atoms with van der Waals surface area (Å²) in [5.41, 5.74) is -0.395. The van der Waals surface area contributed by atoms with Gasteiger partial charge in [-0.1, -0.05) is 0 Å². The van der Waals surface area contributed by atoms with Gasteiger partial charge in [0, 0.05) is 59.8 Å². The topological polar surface area (TPSA) is 102 Å². The first-order valence-electron chi connectivity index (χ1n) is 9.78. The predicted octanol–water partition coefficient (Wildman–Crippen LogP) is 3.99. The average molecular weight is 474 g/mol. The summed E-state index contributed by atoms with van der Waals surface area (Å²) in [5, 5.41) is 12.1. The van der Waals surface area contributed by atoms with E-state index >= 15 is 0 Å². The summed E-state index contributed by atoms with van der Waals surface area (Å²) < 4.78 is 31.7. The van der Waals surface area contributed by atoms with E-state index in [2.05, 4.69) is 25.0 Å². The van der Waals surface area contributed by atoms with Crippen LogP contribution in [-0.2, 0) is 13.5 Å². The molecule has 11 heteroatoms. The first-order chi connectivity index (χ1) is 15.7. The molecule has 2 N–H and O–H groups in total. The first kappa shape index (κ1) is 22.6. The Bertz CT molecular complexity index is 1290. The minimum Gasteiger partial charge on any atom is -0.420 e. The summed E-state index contributed by atoms with van der Waals surface area (Å²) in [6.45, 7) is -0.0658. The zero-order valence-corrected chi connectivity index (χ0v) is 18.1. The molecular weight excluding hydrogens is 456 g/mol. The van der Waals surface area contributed by atoms with Gasteiger partial charge < -0.3 is 19.7 Å². The fourth-order valence-electron chi connectivity index (χ4n) is 3.46. The molecule has 0 aliphatic heterocycles. The molecule has 1 amide bonds. The lowest BCUT2D eigenvalue weighted by Gasteiger charge is -2.12. The van der Waals surface area contributed by atoms with Crippen LogP contribution in [0.5, 0.6) is 5.75 Å². The Morgan fingerprint density at radius 3 is 2.55 bits per heavy atom. The van der Waals surface area contributed by atoms with Crippen LogP contribution in [-0.4, -0.2) is 42.7 Å². The number of rotatable bonds is 7. The van der Waals surface area contributed by atoms with Crippen LogP contribution in [0, 0.1) is 0 Å². The number of halogens is 3. The number of aliphatic hydroxyl groups is 1. The Hall–Kier alpha value is -3.63. The number of ether oxygens (including phenoxy) is 1. The van der Waals surface area contributed by atoms with Gasteiger partial charge in [-0.2, -0.15) is 0 Å². The Kier molecular flexibility index (Phi) is 6.21. The molecule has 4 rings (SSSR count). The minimum atomic E-state index is -3.82. The molecule has 4 aromatic rings. The van der Waals surface area contributed by atoms with Gasteiger partial charge in [0.25, 0.3) is 5.91 Å². The SMILES string of the molecule is Cn1c(CCO)nc2cc(C(=O)Nc3ccc(OC(F)(F)Cl)cc3)cc(-c3cncnc3)c21. The number of amides is 1. The smallest absolute Gasteiger partial charge is 0.420 e. The van der Waals surface area contributed by atoms with Crippen molar-refractivity contribution < 1.29 is 23.4 Å². The number of hydrogen-bond acceptors (Lipinski definition) is 6. The van der Waals surface area contributed by atoms with Crippen LogP contribution < -0.4 is 10.1 Å². The normalized spacial score (nSPS) is 11.5. The van der Waals surface area contributed by atoms with Gasteiger partial charge in [0.1, 0.15) is 17.9 Å². The van der Waals surface area contributed by atoms with Crippen molar-refractivity contribution in [3.63, 3.8) is 0 Å². The van der Waals surface area contributed by atoms with Crippen molar-refractivity contribution in [3.8, 4) is 16.9 Å². The molecular formula is C22H18ClF2N5O3. The highest BCUT2D eigenvalue weighted by molar-refractivity contribution is 6.20. The summed E-state index contributed by atoms with van der Waals surface area (Å²) in [6, 6.07) is 8.71. The van der Waals surface area contributed by atoms with E-state index < -0.39 is 11.5 Å². The van der Waals surface area contributed by atoms with Crippen molar-refractivity contribution in [3.05, 3.63) is 66.5 Å². The lowest BCUT2D eigenvalue weighted by atomic mass is 10.0. The monoisotopic (exact) mass is 473 g/mol. The maximum Gasteiger partial charge on any atom is 0.487 e. The number of hydrogen-bond donors (Lipinski definition) is 2. The highest BCUT2D eigenvalue weighted by atomic mass is 35.5. The molecule has 8 nitrogen and oxygen atoms in total. The Morgan fingerprint density at radius 1 is 1.21 bits per heavy atom. The van der Waals surface area contributed by atoms with Crippen molar-refractivity contribution >= 4 is 34.2 Å². The molecule has 170 valence electrons. The number of fused-ring (bicyclic) bond motifs is 1. The zero-order valence-electron chi connectivity index (χ0n) is 17.3. The van der Waals surface area contributed by atoms with Crippen molar-refractivity contribution in [2.45, 2.75) is 12.0 Å². The molecule has 0 spiro atoms. The largest absolute Gasteiger partial charge is 0.487 e.